The lowest BCUT2D eigenvalue weighted by molar-refractivity contribution is -0.118. The number of esters is 3. The van der Waals surface area contributed by atoms with Crippen molar-refractivity contribution in [1.82, 2.24) is 9.55 Å². The second kappa shape index (κ2) is 15.7. The van der Waals surface area contributed by atoms with E-state index in [4.69, 9.17) is 18.9 Å². The minimum absolute atomic E-state index is 0.0105. The summed E-state index contributed by atoms with van der Waals surface area (Å²) in [4.78, 5) is 69.3. The van der Waals surface area contributed by atoms with Gasteiger partial charge in [0.05, 0.1) is 22.4 Å². The smallest absolute Gasteiger partial charge is 0.350 e. The number of ether oxygens (including phenoxy) is 4. The van der Waals surface area contributed by atoms with E-state index in [-0.39, 0.29) is 34.6 Å². The monoisotopic (exact) mass is 638 g/mol. The second-order valence-corrected chi connectivity index (χ2v) is 10.9. The topological polar surface area (TPSA) is 140 Å². The summed E-state index contributed by atoms with van der Waals surface area (Å²) >= 11 is 0. The van der Waals surface area contributed by atoms with Gasteiger partial charge in [-0.05, 0) is 48.9 Å². The summed E-state index contributed by atoms with van der Waals surface area (Å²) in [7, 11) is 0. The number of rotatable bonds is 13. The third-order valence-electron chi connectivity index (χ3n) is 7.53. The lowest BCUT2D eigenvalue weighted by atomic mass is 10.1. The highest BCUT2D eigenvalue weighted by molar-refractivity contribution is 5.91. The predicted octanol–water partition coefficient (Wildman–Crippen LogP) is 4.75. The fourth-order valence-corrected chi connectivity index (χ4v) is 5.09. The van der Waals surface area contributed by atoms with Crippen LogP contribution < -0.4 is 5.69 Å². The van der Waals surface area contributed by atoms with Crippen LogP contribution in [0.3, 0.4) is 0 Å². The number of hydrogen-bond donors (Lipinski definition) is 0. The number of unbranched alkanes of at least 4 members (excludes halogenated alkanes) is 1. The van der Waals surface area contributed by atoms with E-state index in [9.17, 15) is 24.0 Å². The molecule has 4 atom stereocenters. The van der Waals surface area contributed by atoms with E-state index < -0.39 is 54.7 Å². The number of carbonyl (C=O) groups excluding carboxylic acids is 4. The molecular weight excluding hydrogens is 604 g/mol. The van der Waals surface area contributed by atoms with Crippen molar-refractivity contribution in [1.29, 1.82) is 0 Å². The van der Waals surface area contributed by atoms with Crippen LogP contribution in [0.25, 0.3) is 0 Å². The fraction of sp³-hybridized carbons (Fsp3) is 0.278. The number of aromatic nitrogens is 2. The van der Waals surface area contributed by atoms with Crippen LogP contribution in [0.5, 0.6) is 0 Å². The summed E-state index contributed by atoms with van der Waals surface area (Å²) in [6, 6.07) is 26.1. The minimum Gasteiger partial charge on any atom is -0.459 e. The van der Waals surface area contributed by atoms with Crippen LogP contribution in [0.2, 0.25) is 0 Å². The Hall–Kier alpha value is -5.42. The van der Waals surface area contributed by atoms with E-state index in [1.54, 1.807) is 91.0 Å². The molecule has 3 aromatic carbocycles. The Morgan fingerprint density at radius 2 is 1.28 bits per heavy atom. The van der Waals surface area contributed by atoms with Crippen LogP contribution >= 0.6 is 0 Å². The molecule has 1 aliphatic rings. The molecule has 0 unspecified atom stereocenters. The molecule has 4 aromatic rings. The zero-order chi connectivity index (χ0) is 33.2. The van der Waals surface area contributed by atoms with Crippen LogP contribution in [-0.2, 0) is 30.2 Å². The van der Waals surface area contributed by atoms with Gasteiger partial charge in [0.1, 0.15) is 18.5 Å². The quantitative estimate of drug-likeness (QED) is 0.149. The molecule has 1 aliphatic heterocycles. The maximum absolute atomic E-state index is 13.4. The average Bonchev–Trinajstić information content (AvgIpc) is 3.42. The number of hydrogen-bond acceptors (Lipinski definition) is 10. The third-order valence-corrected chi connectivity index (χ3v) is 7.53. The van der Waals surface area contributed by atoms with Gasteiger partial charge in [0.2, 0.25) is 0 Å². The molecule has 0 amide bonds. The van der Waals surface area contributed by atoms with Crippen molar-refractivity contribution in [2.24, 2.45) is 0 Å². The Labute approximate surface area is 271 Å². The summed E-state index contributed by atoms with van der Waals surface area (Å²) in [6.07, 6.45) is -1.82. The Bertz CT molecular complexity index is 1740. The Morgan fingerprint density at radius 1 is 0.745 bits per heavy atom. The number of carbonyl (C=O) groups is 4. The lowest BCUT2D eigenvalue weighted by Crippen LogP contribution is -2.42. The zero-order valence-corrected chi connectivity index (χ0v) is 25.7. The first-order chi connectivity index (χ1) is 22.8. The van der Waals surface area contributed by atoms with Crippen LogP contribution in [0.15, 0.2) is 108 Å². The van der Waals surface area contributed by atoms with Crippen LogP contribution in [0.1, 0.15) is 69.2 Å². The van der Waals surface area contributed by atoms with Gasteiger partial charge in [0.15, 0.2) is 18.4 Å². The van der Waals surface area contributed by atoms with Gasteiger partial charge < -0.3 is 18.9 Å². The normalized spacial score (nSPS) is 18.7. The lowest BCUT2D eigenvalue weighted by Gasteiger charge is -2.25. The van der Waals surface area contributed by atoms with Gasteiger partial charge in [-0.15, -0.1) is 0 Å². The molecule has 2 heterocycles. The minimum atomic E-state index is -1.37. The summed E-state index contributed by atoms with van der Waals surface area (Å²) in [5, 5.41) is 0. The van der Waals surface area contributed by atoms with Gasteiger partial charge in [-0.1, -0.05) is 67.9 Å². The molecule has 1 fully saturated rings. The highest BCUT2D eigenvalue weighted by atomic mass is 16.7. The van der Waals surface area contributed by atoms with Crippen molar-refractivity contribution < 1.29 is 38.1 Å². The molecule has 5 rings (SSSR count). The van der Waals surface area contributed by atoms with Crippen molar-refractivity contribution in [2.45, 2.75) is 57.1 Å². The molecule has 0 saturated carbocycles. The van der Waals surface area contributed by atoms with Crippen LogP contribution in [0, 0.1) is 0 Å². The first-order valence-corrected chi connectivity index (χ1v) is 15.3. The van der Waals surface area contributed by atoms with E-state index in [1.165, 1.54) is 12.3 Å². The highest BCUT2D eigenvalue weighted by Crippen LogP contribution is 2.35. The molecule has 1 saturated heterocycles. The molecule has 242 valence electrons. The fourth-order valence-electron chi connectivity index (χ4n) is 5.09. The molecule has 0 radical (unpaired) electrons. The third kappa shape index (κ3) is 8.44. The zero-order valence-electron chi connectivity index (χ0n) is 25.7. The summed E-state index contributed by atoms with van der Waals surface area (Å²) in [6.45, 7) is 1.58. The summed E-state index contributed by atoms with van der Waals surface area (Å²) < 4.78 is 24.7. The molecule has 11 heteroatoms. The van der Waals surface area contributed by atoms with Crippen molar-refractivity contribution in [3.63, 3.8) is 0 Å². The molecule has 11 nitrogen and oxygen atoms in total. The molecule has 47 heavy (non-hydrogen) atoms. The Kier molecular flexibility index (Phi) is 11.0. The van der Waals surface area contributed by atoms with E-state index in [0.717, 1.165) is 17.4 Å². The maximum Gasteiger partial charge on any atom is 0.350 e. The maximum atomic E-state index is 13.4. The van der Waals surface area contributed by atoms with Gasteiger partial charge in [-0.2, -0.15) is 4.98 Å². The Morgan fingerprint density at radius 3 is 1.81 bits per heavy atom. The van der Waals surface area contributed by atoms with E-state index in [1.807, 2.05) is 6.92 Å². The molecule has 0 N–H and O–H groups in total. The molecule has 0 spiro atoms. The van der Waals surface area contributed by atoms with E-state index in [0.29, 0.717) is 6.42 Å². The molecule has 1 aromatic heterocycles. The molecular formula is C36H34N2O9. The van der Waals surface area contributed by atoms with Crippen molar-refractivity contribution >= 4 is 23.7 Å². The number of Topliss-reactive ketones (excluding diaryl/α,β-unsaturated/α-hetero) is 1. The highest BCUT2D eigenvalue weighted by Gasteiger charge is 2.51. The van der Waals surface area contributed by atoms with Gasteiger partial charge >= 0.3 is 23.6 Å². The van der Waals surface area contributed by atoms with Crippen LogP contribution in [0.4, 0.5) is 0 Å². The summed E-state index contributed by atoms with van der Waals surface area (Å²) in [5.74, 6) is -2.20. The molecule has 0 aliphatic carbocycles. The summed E-state index contributed by atoms with van der Waals surface area (Å²) in [5.41, 5.74) is 0.233. The number of ketones is 1. The van der Waals surface area contributed by atoms with Gasteiger partial charge in [-0.25, -0.2) is 19.2 Å². The van der Waals surface area contributed by atoms with Crippen molar-refractivity contribution in [3.8, 4) is 0 Å². The standard InChI is InChI=1S/C36H34N2O9/c1-2-3-19-28(39)22-27-20-21-38(36(43)37-27)32-31(47-35(42)26-17-11-6-12-18-26)30(46-34(41)25-15-9-5-10-16-25)29(45-32)23-44-33(40)24-13-7-4-8-14-24/h4-18,20-21,29-32H,2-3,19,22-23H2,1H3/t29-,30-,31-,32-/m1/s1. The van der Waals surface area contributed by atoms with Crippen molar-refractivity contribution in [2.75, 3.05) is 6.61 Å². The average molecular weight is 639 g/mol. The molecule has 0 bridgehead atoms. The van der Waals surface area contributed by atoms with Crippen molar-refractivity contribution in [3.05, 3.63) is 136 Å². The van der Waals surface area contributed by atoms with Gasteiger partial charge in [-0.3, -0.25) is 9.36 Å². The SMILES string of the molecule is CCCCC(=O)Cc1ccn([C@@H]2O[C@H](COC(=O)c3ccccc3)[C@@H](OC(=O)c3ccccc3)[C@H]2OC(=O)c2ccccc2)c(=O)n1. The number of benzene rings is 3. The largest absolute Gasteiger partial charge is 0.459 e. The van der Waals surface area contributed by atoms with E-state index >= 15 is 0 Å². The number of nitrogens with zero attached hydrogens (tertiary/aromatic N) is 2. The van der Waals surface area contributed by atoms with Gasteiger partial charge in [0, 0.05) is 19.0 Å². The first kappa shape index (κ1) is 33.0. The predicted molar refractivity (Wildman–Crippen MR) is 169 cm³/mol. The first-order valence-electron chi connectivity index (χ1n) is 15.3. The van der Waals surface area contributed by atoms with Crippen LogP contribution in [-0.4, -0.2) is 58.2 Å². The Balaban J connectivity index is 1.48. The van der Waals surface area contributed by atoms with E-state index in [2.05, 4.69) is 4.98 Å². The van der Waals surface area contributed by atoms with Gasteiger partial charge in [0.25, 0.3) is 0 Å². The second-order valence-electron chi connectivity index (χ2n) is 10.9.